The fraction of sp³-hybridized carbons (Fsp3) is 0.217. The van der Waals surface area contributed by atoms with E-state index < -0.39 is 0 Å². The van der Waals surface area contributed by atoms with Gasteiger partial charge in [0.2, 0.25) is 0 Å². The predicted molar refractivity (Wildman–Crippen MR) is 408 cm³/mol. The van der Waals surface area contributed by atoms with Crippen LogP contribution in [-0.4, -0.2) is 19.6 Å². The van der Waals surface area contributed by atoms with E-state index in [1.807, 2.05) is 6.07 Å². The number of phenols is 1. The first kappa shape index (κ1) is 62.7. The Labute approximate surface area is 572 Å². The summed E-state index contributed by atoms with van der Waals surface area (Å²) in [6, 6.07) is 86.9. The number of benzene rings is 11. The van der Waals surface area contributed by atoms with Crippen molar-refractivity contribution in [1.82, 2.24) is 14.5 Å². The maximum absolute atomic E-state index is 12.1. The van der Waals surface area contributed by atoms with Crippen LogP contribution < -0.4 is 0 Å². The molecule has 0 spiro atoms. The number of nitrogens with zero attached hydrogens (tertiary/aromatic N) is 3. The topological polar surface area (TPSA) is 64.1 Å². The molecule has 0 aliphatic heterocycles. The van der Waals surface area contributed by atoms with Gasteiger partial charge in [0, 0.05) is 38.4 Å². The number of aromatic hydroxyl groups is 1. The first-order chi connectivity index (χ1) is 46.3. The van der Waals surface area contributed by atoms with E-state index >= 15 is 0 Å². The summed E-state index contributed by atoms with van der Waals surface area (Å²) in [5.74, 6) is 0.914. The van der Waals surface area contributed by atoms with Crippen LogP contribution in [0.4, 0.5) is 0 Å². The maximum atomic E-state index is 12.1. The molecule has 0 bridgehead atoms. The Morgan fingerprint density at radius 3 is 1.45 bits per heavy atom. The third kappa shape index (κ3) is 10.4. The van der Waals surface area contributed by atoms with Gasteiger partial charge in [0.25, 0.3) is 0 Å². The summed E-state index contributed by atoms with van der Waals surface area (Å²) in [6.07, 6.45) is 0. The number of hydrogen-bond acceptors (Lipinski definition) is 4. The number of imidazole rings is 1. The van der Waals surface area contributed by atoms with E-state index in [9.17, 15) is 5.11 Å². The first-order valence-corrected chi connectivity index (χ1v) is 34.4. The zero-order valence-electron chi connectivity index (χ0n) is 58.7. The van der Waals surface area contributed by atoms with Crippen molar-refractivity contribution in [3.63, 3.8) is 0 Å². The molecule has 1 aliphatic rings. The van der Waals surface area contributed by atoms with Crippen LogP contribution in [0.5, 0.6) is 5.75 Å². The monoisotopic (exact) mass is 1260 g/mol. The van der Waals surface area contributed by atoms with E-state index in [1.54, 1.807) is 6.07 Å². The Morgan fingerprint density at radius 2 is 0.876 bits per heavy atom. The summed E-state index contributed by atoms with van der Waals surface area (Å²) < 4.78 is 9.72. The molecule has 0 saturated carbocycles. The van der Waals surface area contributed by atoms with Crippen molar-refractivity contribution in [2.24, 2.45) is 0 Å². The van der Waals surface area contributed by atoms with Gasteiger partial charge in [0.1, 0.15) is 22.6 Å². The molecule has 97 heavy (non-hydrogen) atoms. The zero-order chi connectivity index (χ0) is 67.8. The average molecular weight is 1260 g/mol. The minimum absolute atomic E-state index is 0.0983. The fourth-order valence-corrected chi connectivity index (χ4v) is 15.3. The van der Waals surface area contributed by atoms with Crippen molar-refractivity contribution in [2.75, 3.05) is 0 Å². The second-order valence-corrected chi connectivity index (χ2v) is 31.2. The van der Waals surface area contributed by atoms with Crippen LogP contribution in [0.25, 0.3) is 139 Å². The quantitative estimate of drug-likeness (QED) is 0.156. The largest absolute Gasteiger partial charge is 0.507 e. The van der Waals surface area contributed by atoms with Crippen LogP contribution in [0.1, 0.15) is 129 Å². The highest BCUT2D eigenvalue weighted by atomic mass is 16.3. The summed E-state index contributed by atoms with van der Waals surface area (Å²) in [5, 5.41) is 14.1. The lowest BCUT2D eigenvalue weighted by atomic mass is 9.56. The Hall–Kier alpha value is -10.4. The molecule has 0 saturated heterocycles. The molecular weight excluding hydrogens is 1180 g/mol. The van der Waals surface area contributed by atoms with Gasteiger partial charge in [-0.1, -0.05) is 290 Å². The summed E-state index contributed by atoms with van der Waals surface area (Å²) in [4.78, 5) is 12.0. The zero-order valence-corrected chi connectivity index (χ0v) is 58.7. The molecule has 0 radical (unpaired) electrons. The summed E-state index contributed by atoms with van der Waals surface area (Å²) in [6.45, 7) is 34.3. The van der Waals surface area contributed by atoms with Gasteiger partial charge < -0.3 is 9.52 Å². The average Bonchev–Trinajstić information content (AvgIpc) is 1.62. The number of pyridine rings is 1. The standard InChI is InChI=1S/C92H85N3O2/c1-55-28-21-29-56(2)85(55)95-76-49-46-70(80-66(58-32-22-35-62(50-58)88(3,4)5)40-26-41-67(80)59-33-23-36-63(51-59)89(6,7)8)79(84(76)94-87(95)75-48-47-74-83(93-75)82-73(43-27-44-77(82)96)91(12,13)92(74,14)15)61-53-71-69-38-19-20-45-78(69)97-86(71)72(54-61)81-65(57-30-17-16-18-31-57)39-25-42-68(81)60-34-24-37-64(52-60)90(9,10)11/h16-54,96H,1-15H3. The van der Waals surface area contributed by atoms with Gasteiger partial charge in [-0.25, -0.2) is 9.97 Å². The minimum Gasteiger partial charge on any atom is -0.507 e. The highest BCUT2D eigenvalue weighted by Crippen LogP contribution is 2.57. The molecule has 3 aromatic heterocycles. The number of rotatable bonds is 9. The number of phenolic OH excluding ortho intramolecular Hbond substituents is 1. The molecule has 15 rings (SSSR count). The molecule has 11 aromatic carbocycles. The van der Waals surface area contributed by atoms with Gasteiger partial charge in [-0.15, -0.1) is 0 Å². The molecule has 0 fully saturated rings. The van der Waals surface area contributed by atoms with Crippen LogP contribution in [0, 0.1) is 13.8 Å². The lowest BCUT2D eigenvalue weighted by Gasteiger charge is -2.47. The molecule has 0 unspecified atom stereocenters. The van der Waals surface area contributed by atoms with E-state index in [0.29, 0.717) is 11.5 Å². The predicted octanol–water partition coefficient (Wildman–Crippen LogP) is 25.1. The molecule has 0 amide bonds. The molecule has 14 aromatic rings. The highest BCUT2D eigenvalue weighted by molar-refractivity contribution is 6.17. The van der Waals surface area contributed by atoms with Gasteiger partial charge in [-0.2, -0.15) is 0 Å². The Kier molecular flexibility index (Phi) is 14.8. The SMILES string of the molecule is Cc1cccc(C)c1-n1c(-c2ccc3c(n2)-c2c(O)cccc2C(C)(C)C3(C)C)nc2c(-c3cc(-c4c(-c5ccccc5)cccc4-c4cccc(C(C)(C)C)c4)c4oc5ccccc5c4c3)c(-c3c(-c4cccc(C(C)(C)C)c4)cccc3-c3cccc(C(C)(C)C)c3)ccc21. The second-order valence-electron chi connectivity index (χ2n) is 31.2. The van der Waals surface area contributed by atoms with Crippen LogP contribution >= 0.6 is 0 Å². The van der Waals surface area contributed by atoms with Crippen molar-refractivity contribution in [3.05, 3.63) is 276 Å². The number of fused-ring (bicyclic) bond motifs is 7. The normalized spacial score (nSPS) is 13.7. The lowest BCUT2D eigenvalue weighted by molar-refractivity contribution is 0.296. The third-order valence-electron chi connectivity index (χ3n) is 21.4. The van der Waals surface area contributed by atoms with E-state index in [4.69, 9.17) is 14.4 Å². The van der Waals surface area contributed by atoms with Crippen LogP contribution in [0.15, 0.2) is 241 Å². The second kappa shape index (κ2) is 22.9. The Balaban J connectivity index is 1.14. The van der Waals surface area contributed by atoms with Crippen LogP contribution in [0.2, 0.25) is 0 Å². The van der Waals surface area contributed by atoms with Crippen molar-refractivity contribution < 1.29 is 9.52 Å². The van der Waals surface area contributed by atoms with Gasteiger partial charge in [0.15, 0.2) is 5.82 Å². The number of aryl methyl sites for hydroxylation is 2. The highest BCUT2D eigenvalue weighted by Gasteiger charge is 2.47. The molecule has 1 aliphatic carbocycles. The minimum atomic E-state index is -0.352. The molecule has 0 atom stereocenters. The summed E-state index contributed by atoms with van der Waals surface area (Å²) >= 11 is 0. The van der Waals surface area contributed by atoms with E-state index in [2.05, 4.69) is 333 Å². The number of furan rings is 1. The first-order valence-electron chi connectivity index (χ1n) is 34.4. The molecule has 5 nitrogen and oxygen atoms in total. The van der Waals surface area contributed by atoms with Gasteiger partial charge in [-0.05, 0) is 172 Å². The number of para-hydroxylation sites is 2. The maximum Gasteiger partial charge on any atom is 0.164 e. The molecule has 3 heterocycles. The Bertz CT molecular complexity index is 5400. The van der Waals surface area contributed by atoms with Crippen molar-refractivity contribution in [3.8, 4) is 112 Å². The van der Waals surface area contributed by atoms with Crippen molar-refractivity contribution in [2.45, 2.75) is 131 Å². The summed E-state index contributed by atoms with van der Waals surface area (Å²) in [5.41, 5.74) is 28.9. The van der Waals surface area contributed by atoms with E-state index in [1.165, 1.54) is 16.7 Å². The van der Waals surface area contributed by atoms with Gasteiger partial charge in [0.05, 0.1) is 22.4 Å². The van der Waals surface area contributed by atoms with E-state index in [0.717, 1.165) is 150 Å². The molecule has 480 valence electrons. The molecular formula is C92H85N3O2. The lowest BCUT2D eigenvalue weighted by Crippen LogP contribution is -2.43. The van der Waals surface area contributed by atoms with Crippen molar-refractivity contribution in [1.29, 1.82) is 0 Å². The van der Waals surface area contributed by atoms with Gasteiger partial charge >= 0.3 is 0 Å². The van der Waals surface area contributed by atoms with Gasteiger partial charge in [-0.3, -0.25) is 4.57 Å². The summed E-state index contributed by atoms with van der Waals surface area (Å²) in [7, 11) is 0. The van der Waals surface area contributed by atoms with Crippen LogP contribution in [-0.2, 0) is 27.1 Å². The Morgan fingerprint density at radius 1 is 0.381 bits per heavy atom. The molecule has 5 heteroatoms. The molecule has 1 N–H and O–H groups in total. The van der Waals surface area contributed by atoms with Crippen molar-refractivity contribution >= 4 is 33.0 Å². The number of aromatic nitrogens is 3. The van der Waals surface area contributed by atoms with Crippen LogP contribution in [0.3, 0.4) is 0 Å². The van der Waals surface area contributed by atoms with E-state index in [-0.39, 0.29) is 32.8 Å². The number of hydrogen-bond donors (Lipinski definition) is 1. The smallest absolute Gasteiger partial charge is 0.164 e. The third-order valence-corrected chi connectivity index (χ3v) is 21.4. The fourth-order valence-electron chi connectivity index (χ4n) is 15.3.